The molecule has 3 rings (SSSR count). The van der Waals surface area contributed by atoms with Crippen molar-refractivity contribution >= 4 is 17.9 Å². The van der Waals surface area contributed by atoms with Crippen molar-refractivity contribution in [2.24, 2.45) is 4.99 Å². The van der Waals surface area contributed by atoms with Crippen molar-refractivity contribution in [1.82, 2.24) is 0 Å². The van der Waals surface area contributed by atoms with Crippen molar-refractivity contribution in [3.05, 3.63) is 81.9 Å². The summed E-state index contributed by atoms with van der Waals surface area (Å²) >= 11 is 0. The molecule has 0 bridgehead atoms. The van der Waals surface area contributed by atoms with Gasteiger partial charge in [0.2, 0.25) is 0 Å². The van der Waals surface area contributed by atoms with Gasteiger partial charge in [0.25, 0.3) is 0 Å². The smallest absolute Gasteiger partial charge is 0.0742 e. The van der Waals surface area contributed by atoms with Gasteiger partial charge in [-0.25, -0.2) is 0 Å². The second-order valence-corrected chi connectivity index (χ2v) is 10.1. The van der Waals surface area contributed by atoms with Gasteiger partial charge in [-0.05, 0) is 45.2 Å². The number of rotatable bonds is 2. The molecule has 0 radical (unpaired) electrons. The highest BCUT2D eigenvalue weighted by Crippen LogP contribution is 2.26. The number of aliphatic imine (C=N–C) groups is 1. The Hall–Kier alpha value is -2.45. The highest BCUT2D eigenvalue weighted by Gasteiger charge is 2.19. The lowest BCUT2D eigenvalue weighted by Gasteiger charge is -2.22. The molecule has 0 atom stereocenters. The van der Waals surface area contributed by atoms with Gasteiger partial charge in [0, 0.05) is 18.2 Å². The van der Waals surface area contributed by atoms with Gasteiger partial charge >= 0.3 is 0 Å². The fraction of sp³-hybridized carbons (Fsp3) is 0.393. The maximum absolute atomic E-state index is 5.91. The van der Waals surface area contributed by atoms with E-state index in [1.807, 2.05) is 7.05 Å². The molecule has 2 nitrogen and oxygen atoms in total. The lowest BCUT2D eigenvalue weighted by atomic mass is 9.86. The largest absolute Gasteiger partial charge is 0.372 e. The minimum atomic E-state index is 0.161. The molecule has 0 spiro atoms. The Morgan fingerprint density at radius 2 is 1.03 bits per heavy atom. The molecule has 158 valence electrons. The second kappa shape index (κ2) is 8.73. The first-order valence-corrected chi connectivity index (χ1v) is 10.8. The van der Waals surface area contributed by atoms with Crippen LogP contribution in [0.3, 0.4) is 0 Å². The van der Waals surface area contributed by atoms with Crippen LogP contribution in [0.25, 0.3) is 12.2 Å². The van der Waals surface area contributed by atoms with E-state index in [9.17, 15) is 0 Å². The van der Waals surface area contributed by atoms with Crippen LogP contribution in [-0.4, -0.2) is 26.0 Å². The molecule has 1 heterocycles. The summed E-state index contributed by atoms with van der Waals surface area (Å²) in [5.41, 5.74) is 8.66. The Kier molecular flexibility index (Phi) is 6.47. The van der Waals surface area contributed by atoms with Crippen LogP contribution in [0.1, 0.15) is 63.8 Å². The van der Waals surface area contributed by atoms with Gasteiger partial charge in [-0.15, -0.1) is 0 Å². The molecule has 1 fully saturated rings. The lowest BCUT2D eigenvalue weighted by Crippen LogP contribution is -2.22. The molecule has 1 saturated heterocycles. The van der Waals surface area contributed by atoms with Gasteiger partial charge in [0.15, 0.2) is 0 Å². The first-order valence-electron chi connectivity index (χ1n) is 10.8. The fourth-order valence-electron chi connectivity index (χ4n) is 3.68. The van der Waals surface area contributed by atoms with Crippen molar-refractivity contribution in [1.29, 1.82) is 0 Å². The summed E-state index contributed by atoms with van der Waals surface area (Å²) in [4.78, 5) is 4.62. The van der Waals surface area contributed by atoms with Crippen LogP contribution in [0.5, 0.6) is 0 Å². The van der Waals surface area contributed by atoms with E-state index in [0.717, 1.165) is 16.9 Å². The molecule has 0 aromatic heterocycles. The van der Waals surface area contributed by atoms with E-state index < -0.39 is 0 Å². The SMILES string of the molecule is CN=C1C(=Cc2ccc(C(C)(C)C)cc2)COCC1=Cc1ccc(C(C)(C)C)cc1. The average Bonchev–Trinajstić information content (AvgIpc) is 2.68. The van der Waals surface area contributed by atoms with Gasteiger partial charge < -0.3 is 4.74 Å². The molecule has 0 unspecified atom stereocenters. The third-order valence-corrected chi connectivity index (χ3v) is 5.58. The molecule has 0 saturated carbocycles. The summed E-state index contributed by atoms with van der Waals surface area (Å²) in [7, 11) is 1.87. The number of hydrogen-bond acceptors (Lipinski definition) is 2. The maximum Gasteiger partial charge on any atom is 0.0742 e. The highest BCUT2D eigenvalue weighted by molar-refractivity contribution is 6.17. The van der Waals surface area contributed by atoms with E-state index in [1.165, 1.54) is 22.3 Å². The molecule has 2 aromatic carbocycles. The van der Waals surface area contributed by atoms with Gasteiger partial charge in [0.1, 0.15) is 0 Å². The second-order valence-electron chi connectivity index (χ2n) is 10.1. The molecule has 1 aliphatic rings. The van der Waals surface area contributed by atoms with Crippen molar-refractivity contribution in [2.75, 3.05) is 20.3 Å². The maximum atomic E-state index is 5.91. The first-order chi connectivity index (χ1) is 14.1. The highest BCUT2D eigenvalue weighted by atomic mass is 16.5. The van der Waals surface area contributed by atoms with Crippen LogP contribution in [0.4, 0.5) is 0 Å². The van der Waals surface area contributed by atoms with Crippen LogP contribution in [0, 0.1) is 0 Å². The van der Waals surface area contributed by atoms with Gasteiger partial charge in [-0.3, -0.25) is 4.99 Å². The summed E-state index contributed by atoms with van der Waals surface area (Å²) in [5.74, 6) is 0. The van der Waals surface area contributed by atoms with E-state index >= 15 is 0 Å². The first kappa shape index (κ1) is 22.2. The minimum Gasteiger partial charge on any atom is -0.372 e. The van der Waals surface area contributed by atoms with Crippen LogP contribution >= 0.6 is 0 Å². The van der Waals surface area contributed by atoms with Crippen LogP contribution in [0.15, 0.2) is 64.7 Å². The van der Waals surface area contributed by atoms with E-state index in [-0.39, 0.29) is 10.8 Å². The predicted molar refractivity (Wildman–Crippen MR) is 130 cm³/mol. The summed E-state index contributed by atoms with van der Waals surface area (Å²) in [5, 5.41) is 0. The standard InChI is InChI=1S/C28H35NO/c1-27(2,3)24-12-8-20(9-13-24)16-22-18-30-19-23(26(22)29-7)17-21-10-14-25(15-11-21)28(4,5)6/h8-17H,18-19H2,1-7H3. The zero-order valence-electron chi connectivity index (χ0n) is 19.5. The third-order valence-electron chi connectivity index (χ3n) is 5.58. The van der Waals surface area contributed by atoms with Crippen LogP contribution in [-0.2, 0) is 15.6 Å². The Labute approximate surface area is 182 Å². The summed E-state index contributed by atoms with van der Waals surface area (Å²) in [6.07, 6.45) is 4.40. The molecule has 2 heteroatoms. The molecule has 2 aromatic rings. The van der Waals surface area contributed by atoms with Crippen LogP contribution < -0.4 is 0 Å². The third kappa shape index (κ3) is 5.37. The number of benzene rings is 2. The monoisotopic (exact) mass is 401 g/mol. The Morgan fingerprint density at radius 1 is 0.667 bits per heavy atom. The Bertz CT molecular complexity index is 882. The zero-order valence-corrected chi connectivity index (χ0v) is 19.5. The quantitative estimate of drug-likeness (QED) is 0.539. The Balaban J connectivity index is 1.87. The number of nitrogens with zero attached hydrogens (tertiary/aromatic N) is 1. The van der Waals surface area contributed by atoms with Gasteiger partial charge in [-0.1, -0.05) is 90.1 Å². The van der Waals surface area contributed by atoms with E-state index in [2.05, 4.69) is 107 Å². The topological polar surface area (TPSA) is 21.6 Å². The van der Waals surface area contributed by atoms with Gasteiger partial charge in [0.05, 0.1) is 18.9 Å². The molecular formula is C28H35NO. The molecule has 0 amide bonds. The minimum absolute atomic E-state index is 0.161. The zero-order chi connectivity index (χ0) is 21.9. The summed E-state index contributed by atoms with van der Waals surface area (Å²) in [6, 6.07) is 17.6. The van der Waals surface area contributed by atoms with E-state index in [4.69, 9.17) is 4.74 Å². The lowest BCUT2D eigenvalue weighted by molar-refractivity contribution is 0.181. The van der Waals surface area contributed by atoms with Crippen molar-refractivity contribution in [3.63, 3.8) is 0 Å². The number of ether oxygens (including phenoxy) is 1. The molecule has 0 aliphatic carbocycles. The van der Waals surface area contributed by atoms with E-state index in [1.54, 1.807) is 0 Å². The molecule has 30 heavy (non-hydrogen) atoms. The number of hydrogen-bond donors (Lipinski definition) is 0. The molecular weight excluding hydrogens is 366 g/mol. The van der Waals surface area contributed by atoms with Crippen LogP contribution in [0.2, 0.25) is 0 Å². The van der Waals surface area contributed by atoms with E-state index in [0.29, 0.717) is 13.2 Å². The average molecular weight is 402 g/mol. The molecule has 0 N–H and O–H groups in total. The molecule has 1 aliphatic heterocycles. The van der Waals surface area contributed by atoms with Crippen molar-refractivity contribution in [3.8, 4) is 0 Å². The summed E-state index contributed by atoms with van der Waals surface area (Å²) in [6.45, 7) is 14.6. The normalized spacial score (nSPS) is 18.2. The van der Waals surface area contributed by atoms with Crippen molar-refractivity contribution < 1.29 is 4.74 Å². The Morgan fingerprint density at radius 3 is 1.33 bits per heavy atom. The van der Waals surface area contributed by atoms with Gasteiger partial charge in [-0.2, -0.15) is 0 Å². The van der Waals surface area contributed by atoms with Crippen molar-refractivity contribution in [2.45, 2.75) is 52.4 Å². The summed E-state index contributed by atoms with van der Waals surface area (Å²) < 4.78 is 5.91. The fourth-order valence-corrected chi connectivity index (χ4v) is 3.68. The predicted octanol–water partition coefficient (Wildman–Crippen LogP) is 6.85.